The first-order valence-corrected chi connectivity index (χ1v) is 14.0. The zero-order chi connectivity index (χ0) is 29.4. The van der Waals surface area contributed by atoms with Crippen molar-refractivity contribution in [3.63, 3.8) is 0 Å². The lowest BCUT2D eigenvalue weighted by Gasteiger charge is -2.28. The largest absolute Gasteiger partial charge is 0.388 e. The minimum absolute atomic E-state index is 0.116. The summed E-state index contributed by atoms with van der Waals surface area (Å²) in [5.74, 6) is -1.69. The lowest BCUT2D eigenvalue weighted by molar-refractivity contribution is -0.228. The van der Waals surface area contributed by atoms with Crippen molar-refractivity contribution in [2.75, 3.05) is 14.2 Å². The summed E-state index contributed by atoms with van der Waals surface area (Å²) in [6.07, 6.45) is -7.65. The van der Waals surface area contributed by atoms with Crippen molar-refractivity contribution in [2.24, 2.45) is 0 Å². The third-order valence-electron chi connectivity index (χ3n) is 8.08. The molecule has 0 unspecified atom stereocenters. The Labute approximate surface area is 241 Å². The van der Waals surface area contributed by atoms with Crippen molar-refractivity contribution in [1.82, 2.24) is 9.13 Å². The number of imidazole rings is 1. The smallest absolute Gasteiger partial charge is 0.329 e. The number of rotatable bonds is 8. The van der Waals surface area contributed by atoms with E-state index in [1.54, 1.807) is 45.9 Å². The summed E-state index contributed by atoms with van der Waals surface area (Å²) < 4.78 is 49.5. The molecule has 2 aromatic rings. The third-order valence-corrected chi connectivity index (χ3v) is 8.31. The molecule has 0 bridgehead atoms. The van der Waals surface area contributed by atoms with Gasteiger partial charge in [-0.25, -0.2) is 4.79 Å². The molecule has 14 heteroatoms. The van der Waals surface area contributed by atoms with E-state index in [1.807, 2.05) is 0 Å². The van der Waals surface area contributed by atoms with E-state index < -0.39 is 78.7 Å². The van der Waals surface area contributed by atoms with E-state index in [-0.39, 0.29) is 13.1 Å². The maximum absolute atomic E-state index is 13.8. The summed E-state index contributed by atoms with van der Waals surface area (Å²) >= 11 is 6.30. The summed E-state index contributed by atoms with van der Waals surface area (Å²) in [5.41, 5.74) is 0.546. The molecule has 41 heavy (non-hydrogen) atoms. The molecule has 4 aliphatic rings. The van der Waals surface area contributed by atoms with Crippen molar-refractivity contribution >= 4 is 22.6 Å². The van der Waals surface area contributed by atoms with Crippen LogP contribution >= 0.6 is 11.6 Å². The van der Waals surface area contributed by atoms with Gasteiger partial charge in [-0.05, 0) is 45.9 Å². The number of aliphatic hydroxyl groups is 2. The lowest BCUT2D eigenvalue weighted by atomic mass is 10.1. The van der Waals surface area contributed by atoms with Gasteiger partial charge < -0.3 is 48.1 Å². The highest BCUT2D eigenvalue weighted by Crippen LogP contribution is 2.41. The standard InChI is InChI=1S/C27H37ClN2O11/c1-26(2)38-21-19(34-5)17(36-23(21)40-26)15(31)10-29-13-8-7-12(28)9-14(13)30(25(29)33)11-16(32)18-20(35-6)22-24(37-18)41-27(3,4)39-22/h7-9,15-24,31-32H,10-11H2,1-6H3/t15-,16+,17+,18+,19-,20-,21+,22-,23-,24-/m1/s1. The fourth-order valence-electron chi connectivity index (χ4n) is 6.39. The van der Waals surface area contributed by atoms with Gasteiger partial charge in [0.2, 0.25) is 0 Å². The number of benzene rings is 1. The lowest BCUT2D eigenvalue weighted by Crippen LogP contribution is -2.46. The molecule has 5 heterocycles. The number of fused-ring (bicyclic) bond motifs is 3. The van der Waals surface area contributed by atoms with Gasteiger partial charge in [0, 0.05) is 19.2 Å². The second-order valence-corrected chi connectivity index (χ2v) is 12.2. The molecular formula is C27H37ClN2O11. The van der Waals surface area contributed by atoms with Crippen LogP contribution in [-0.2, 0) is 51.0 Å². The Hall–Kier alpha value is -1.62. The zero-order valence-corrected chi connectivity index (χ0v) is 24.5. The van der Waals surface area contributed by atoms with E-state index in [0.29, 0.717) is 16.1 Å². The molecule has 0 spiro atoms. The van der Waals surface area contributed by atoms with Crippen LogP contribution in [0.5, 0.6) is 0 Å². The number of hydrogen-bond donors (Lipinski definition) is 2. The van der Waals surface area contributed by atoms with Crippen LogP contribution in [0.3, 0.4) is 0 Å². The minimum Gasteiger partial charge on any atom is -0.388 e. The molecule has 6 rings (SSSR count). The van der Waals surface area contributed by atoms with Crippen molar-refractivity contribution in [3.8, 4) is 0 Å². The number of hydrogen-bond acceptors (Lipinski definition) is 11. The summed E-state index contributed by atoms with van der Waals surface area (Å²) in [5, 5.41) is 23.0. The molecule has 1 aromatic carbocycles. The van der Waals surface area contributed by atoms with Crippen LogP contribution in [0.2, 0.25) is 5.02 Å². The van der Waals surface area contributed by atoms with Gasteiger partial charge in [-0.15, -0.1) is 0 Å². The van der Waals surface area contributed by atoms with Gasteiger partial charge in [-0.3, -0.25) is 9.13 Å². The van der Waals surface area contributed by atoms with Gasteiger partial charge in [0.05, 0.1) is 24.1 Å². The van der Waals surface area contributed by atoms with Gasteiger partial charge in [0.15, 0.2) is 24.2 Å². The van der Waals surface area contributed by atoms with Crippen molar-refractivity contribution in [3.05, 3.63) is 33.7 Å². The Bertz CT molecular complexity index is 1340. The van der Waals surface area contributed by atoms with Gasteiger partial charge >= 0.3 is 5.69 Å². The summed E-state index contributed by atoms with van der Waals surface area (Å²) in [6.45, 7) is 6.86. The maximum atomic E-state index is 13.8. The Morgan fingerprint density at radius 1 is 0.829 bits per heavy atom. The fraction of sp³-hybridized carbons (Fsp3) is 0.741. The van der Waals surface area contributed by atoms with Crippen molar-refractivity contribution in [1.29, 1.82) is 0 Å². The first kappa shape index (κ1) is 29.5. The number of methoxy groups -OCH3 is 2. The molecule has 0 aliphatic carbocycles. The highest BCUT2D eigenvalue weighted by Gasteiger charge is 2.58. The minimum atomic E-state index is -1.16. The molecule has 0 amide bonds. The van der Waals surface area contributed by atoms with Crippen LogP contribution in [0.4, 0.5) is 0 Å². The average molecular weight is 601 g/mol. The van der Waals surface area contributed by atoms with E-state index in [1.165, 1.54) is 23.4 Å². The molecule has 0 saturated carbocycles. The van der Waals surface area contributed by atoms with Crippen LogP contribution in [-0.4, -0.2) is 107 Å². The molecule has 10 atom stereocenters. The third kappa shape index (κ3) is 5.14. The normalized spacial score (nSPS) is 37.0. The molecule has 4 aliphatic heterocycles. The number of halogens is 1. The van der Waals surface area contributed by atoms with Crippen LogP contribution in [0, 0.1) is 0 Å². The van der Waals surface area contributed by atoms with Gasteiger partial charge in [-0.1, -0.05) is 11.6 Å². The first-order valence-electron chi connectivity index (χ1n) is 13.6. The number of aromatic nitrogens is 2. The molecule has 0 radical (unpaired) electrons. The van der Waals surface area contributed by atoms with E-state index in [9.17, 15) is 15.0 Å². The Morgan fingerprint density at radius 2 is 1.29 bits per heavy atom. The number of nitrogens with zero attached hydrogens (tertiary/aromatic N) is 2. The monoisotopic (exact) mass is 600 g/mol. The number of ether oxygens (including phenoxy) is 8. The van der Waals surface area contributed by atoms with Crippen LogP contribution in [0.1, 0.15) is 27.7 Å². The van der Waals surface area contributed by atoms with E-state index >= 15 is 0 Å². The van der Waals surface area contributed by atoms with E-state index in [4.69, 9.17) is 49.5 Å². The van der Waals surface area contributed by atoms with Crippen LogP contribution in [0.15, 0.2) is 23.0 Å². The summed E-state index contributed by atoms with van der Waals surface area (Å²) in [6, 6.07) is 4.99. The highest BCUT2D eigenvalue weighted by molar-refractivity contribution is 6.31. The van der Waals surface area contributed by atoms with Gasteiger partial charge in [-0.2, -0.15) is 0 Å². The van der Waals surface area contributed by atoms with Gasteiger partial charge in [0.1, 0.15) is 48.8 Å². The zero-order valence-electron chi connectivity index (χ0n) is 23.8. The Kier molecular flexibility index (Phi) is 7.56. The predicted octanol–water partition coefficient (Wildman–Crippen LogP) is 0.961. The fourth-order valence-corrected chi connectivity index (χ4v) is 6.56. The molecular weight excluding hydrogens is 564 g/mol. The molecule has 4 fully saturated rings. The second-order valence-electron chi connectivity index (χ2n) is 11.8. The number of aliphatic hydroxyl groups excluding tert-OH is 2. The van der Waals surface area contributed by atoms with Crippen LogP contribution in [0.25, 0.3) is 11.0 Å². The van der Waals surface area contributed by atoms with E-state index in [0.717, 1.165) is 0 Å². The molecule has 4 saturated heterocycles. The predicted molar refractivity (Wildman–Crippen MR) is 142 cm³/mol. The van der Waals surface area contributed by atoms with E-state index in [2.05, 4.69) is 0 Å². The molecule has 2 N–H and O–H groups in total. The highest BCUT2D eigenvalue weighted by atomic mass is 35.5. The molecule has 228 valence electrons. The summed E-state index contributed by atoms with van der Waals surface area (Å²) in [7, 11) is 3.02. The molecule has 1 aromatic heterocycles. The topological polar surface area (TPSA) is 141 Å². The first-order chi connectivity index (χ1) is 19.3. The van der Waals surface area contributed by atoms with Crippen molar-refractivity contribution < 1.29 is 48.1 Å². The molecule has 13 nitrogen and oxygen atoms in total. The quantitative estimate of drug-likeness (QED) is 0.447. The van der Waals surface area contributed by atoms with Gasteiger partial charge in [0.25, 0.3) is 0 Å². The Balaban J connectivity index is 1.25. The second kappa shape index (κ2) is 10.5. The van der Waals surface area contributed by atoms with Crippen LogP contribution < -0.4 is 5.69 Å². The average Bonchev–Trinajstić information content (AvgIpc) is 3.63. The Morgan fingerprint density at radius 3 is 1.76 bits per heavy atom. The summed E-state index contributed by atoms with van der Waals surface area (Å²) in [4.78, 5) is 13.8. The SMILES string of the molecule is CO[C@@H]1[C@H]([C@@H](O)Cn2c(=O)n(C[C@@H](O)[C@@H]3O[C@@H]4OC(C)(C)O[C@H]4[C@@H]3OC)c3ccc(Cl)cc32)O[C@@H]2OC(C)(C)O[C@@H]21. The maximum Gasteiger partial charge on any atom is 0.329 e. The van der Waals surface area contributed by atoms with Crippen molar-refractivity contribution in [2.45, 2.75) is 114 Å².